The summed E-state index contributed by atoms with van der Waals surface area (Å²) in [6, 6.07) is 17.7. The number of thioether (sulfide) groups is 1. The van der Waals surface area contributed by atoms with Gasteiger partial charge in [0.25, 0.3) is 11.2 Å². The Morgan fingerprint density at radius 1 is 1.09 bits per heavy atom. The van der Waals surface area contributed by atoms with Gasteiger partial charge in [-0.2, -0.15) is 0 Å². The van der Waals surface area contributed by atoms with Crippen molar-refractivity contribution in [3.05, 3.63) is 97.8 Å². The molecule has 0 bridgehead atoms. The van der Waals surface area contributed by atoms with Crippen molar-refractivity contribution >= 4 is 39.9 Å². The molecule has 1 amide bonds. The standard InChI is InChI=1S/C26H22N4O4S/c1-16-7-8-17(2)23(13-16)29-25(32)20-5-3-4-6-21(20)27-26(29)35-15-24(31)28-12-11-18-14-19(30(33)34)9-10-22(18)28/h3-10,13-14H,11-12,15H2,1-2H3. The van der Waals surface area contributed by atoms with Crippen LogP contribution in [0.4, 0.5) is 11.4 Å². The first kappa shape index (κ1) is 22.8. The smallest absolute Gasteiger partial charge is 0.269 e. The molecule has 0 saturated carbocycles. The zero-order valence-electron chi connectivity index (χ0n) is 19.2. The van der Waals surface area contributed by atoms with Crippen molar-refractivity contribution in [3.63, 3.8) is 0 Å². The Bertz CT molecular complexity index is 1560. The van der Waals surface area contributed by atoms with Gasteiger partial charge >= 0.3 is 0 Å². The van der Waals surface area contributed by atoms with E-state index in [4.69, 9.17) is 4.98 Å². The summed E-state index contributed by atoms with van der Waals surface area (Å²) < 4.78 is 1.59. The lowest BCUT2D eigenvalue weighted by atomic mass is 10.1. The number of anilines is 1. The summed E-state index contributed by atoms with van der Waals surface area (Å²) >= 11 is 1.22. The third-order valence-electron chi connectivity index (χ3n) is 6.15. The molecule has 4 aromatic rings. The second-order valence-electron chi connectivity index (χ2n) is 8.50. The monoisotopic (exact) mass is 486 g/mol. The number of hydrogen-bond acceptors (Lipinski definition) is 6. The quantitative estimate of drug-likeness (QED) is 0.177. The Kier molecular flexibility index (Phi) is 5.86. The lowest BCUT2D eigenvalue weighted by molar-refractivity contribution is -0.384. The van der Waals surface area contributed by atoms with Gasteiger partial charge in [0.1, 0.15) is 0 Å². The van der Waals surface area contributed by atoms with Gasteiger partial charge in [-0.1, -0.05) is 36.0 Å². The lowest BCUT2D eigenvalue weighted by Crippen LogP contribution is -2.31. The molecular weight excluding hydrogens is 464 g/mol. The predicted molar refractivity (Wildman–Crippen MR) is 137 cm³/mol. The first-order valence-corrected chi connectivity index (χ1v) is 12.1. The van der Waals surface area contributed by atoms with Crippen molar-refractivity contribution in [1.82, 2.24) is 9.55 Å². The van der Waals surface area contributed by atoms with Crippen LogP contribution in [0.5, 0.6) is 0 Å². The maximum atomic E-state index is 13.5. The zero-order chi connectivity index (χ0) is 24.7. The van der Waals surface area contributed by atoms with Crippen molar-refractivity contribution in [2.24, 2.45) is 0 Å². The molecule has 5 rings (SSSR count). The van der Waals surface area contributed by atoms with Crippen molar-refractivity contribution in [2.45, 2.75) is 25.4 Å². The number of carbonyl (C=O) groups is 1. The fourth-order valence-corrected chi connectivity index (χ4v) is 5.23. The Morgan fingerprint density at radius 3 is 2.69 bits per heavy atom. The van der Waals surface area contributed by atoms with Gasteiger partial charge in [0, 0.05) is 24.4 Å². The summed E-state index contributed by atoms with van der Waals surface area (Å²) in [5.74, 6) is -0.0657. The van der Waals surface area contributed by atoms with E-state index in [1.807, 2.05) is 44.2 Å². The van der Waals surface area contributed by atoms with Crippen LogP contribution in [-0.2, 0) is 11.2 Å². The first-order chi connectivity index (χ1) is 16.8. The van der Waals surface area contributed by atoms with Crippen LogP contribution in [0.1, 0.15) is 16.7 Å². The predicted octanol–water partition coefficient (Wildman–Crippen LogP) is 4.59. The largest absolute Gasteiger partial charge is 0.311 e. The highest BCUT2D eigenvalue weighted by atomic mass is 32.2. The molecule has 0 radical (unpaired) electrons. The number of non-ortho nitro benzene ring substituents is 1. The van der Waals surface area contributed by atoms with Gasteiger partial charge in [0.05, 0.1) is 27.3 Å². The van der Waals surface area contributed by atoms with E-state index in [1.165, 1.54) is 23.9 Å². The Hall–Kier alpha value is -3.98. The van der Waals surface area contributed by atoms with Crippen LogP contribution in [0, 0.1) is 24.0 Å². The maximum Gasteiger partial charge on any atom is 0.269 e. The van der Waals surface area contributed by atoms with Crippen molar-refractivity contribution in [1.29, 1.82) is 0 Å². The molecule has 0 spiro atoms. The average Bonchev–Trinajstić information content (AvgIpc) is 3.28. The van der Waals surface area contributed by atoms with E-state index in [0.29, 0.717) is 34.7 Å². The first-order valence-electron chi connectivity index (χ1n) is 11.1. The number of rotatable bonds is 5. The van der Waals surface area contributed by atoms with Crippen molar-refractivity contribution in [3.8, 4) is 5.69 Å². The number of hydrogen-bond donors (Lipinski definition) is 0. The minimum Gasteiger partial charge on any atom is -0.311 e. The Balaban J connectivity index is 1.50. The molecule has 176 valence electrons. The van der Waals surface area contributed by atoms with Crippen LogP contribution in [0.2, 0.25) is 0 Å². The maximum absolute atomic E-state index is 13.5. The highest BCUT2D eigenvalue weighted by Crippen LogP contribution is 2.32. The molecule has 9 heteroatoms. The molecule has 35 heavy (non-hydrogen) atoms. The normalized spacial score (nSPS) is 12.7. The van der Waals surface area contributed by atoms with Gasteiger partial charge in [0.15, 0.2) is 5.16 Å². The van der Waals surface area contributed by atoms with E-state index < -0.39 is 4.92 Å². The number of carbonyl (C=O) groups excluding carboxylic acids is 1. The second-order valence-corrected chi connectivity index (χ2v) is 9.44. The third kappa shape index (κ3) is 4.19. The van der Waals surface area contributed by atoms with Crippen LogP contribution in [0.25, 0.3) is 16.6 Å². The van der Waals surface area contributed by atoms with Crippen LogP contribution in [-0.4, -0.2) is 32.7 Å². The Labute approximate surface area is 205 Å². The van der Waals surface area contributed by atoms with Gasteiger partial charge in [-0.15, -0.1) is 0 Å². The van der Waals surface area contributed by atoms with Crippen molar-refractivity contribution in [2.75, 3.05) is 17.2 Å². The molecule has 0 saturated heterocycles. The summed E-state index contributed by atoms with van der Waals surface area (Å²) in [5.41, 5.74) is 4.57. The third-order valence-corrected chi connectivity index (χ3v) is 7.07. The molecule has 3 aromatic carbocycles. The number of nitro benzene ring substituents is 1. The van der Waals surface area contributed by atoms with E-state index in [9.17, 15) is 19.7 Å². The number of fused-ring (bicyclic) bond motifs is 2. The van der Waals surface area contributed by atoms with Gasteiger partial charge in [0.2, 0.25) is 5.91 Å². The van der Waals surface area contributed by atoms with E-state index in [2.05, 4.69) is 0 Å². The summed E-state index contributed by atoms with van der Waals surface area (Å²) in [4.78, 5) is 43.7. The van der Waals surface area contributed by atoms with Crippen molar-refractivity contribution < 1.29 is 9.72 Å². The minimum absolute atomic E-state index is 0.0188. The lowest BCUT2D eigenvalue weighted by Gasteiger charge is -2.19. The number of aryl methyl sites for hydroxylation is 2. The fourth-order valence-electron chi connectivity index (χ4n) is 4.35. The number of aromatic nitrogens is 2. The molecule has 8 nitrogen and oxygen atoms in total. The molecule has 0 N–H and O–H groups in total. The average molecular weight is 487 g/mol. The zero-order valence-corrected chi connectivity index (χ0v) is 20.0. The van der Waals surface area contributed by atoms with E-state index >= 15 is 0 Å². The van der Waals surface area contributed by atoms with Crippen LogP contribution in [0.15, 0.2) is 70.6 Å². The topological polar surface area (TPSA) is 98.3 Å². The van der Waals surface area contributed by atoms with Gasteiger partial charge in [-0.05, 0) is 61.2 Å². The van der Waals surface area contributed by atoms with Gasteiger partial charge in [-0.3, -0.25) is 24.3 Å². The second kappa shape index (κ2) is 8.99. The molecule has 0 atom stereocenters. The van der Waals surface area contributed by atoms with Crippen LogP contribution >= 0.6 is 11.8 Å². The SMILES string of the molecule is Cc1ccc(C)c(-n2c(SCC(=O)N3CCc4cc([N+](=O)[O-])ccc43)nc3ccccc3c2=O)c1. The molecule has 0 fully saturated rings. The van der Waals surface area contributed by atoms with Gasteiger partial charge in [-0.25, -0.2) is 4.98 Å². The molecule has 0 unspecified atom stereocenters. The number of para-hydroxylation sites is 1. The molecule has 0 aliphatic carbocycles. The van der Waals surface area contributed by atoms with E-state index in [1.54, 1.807) is 27.7 Å². The highest BCUT2D eigenvalue weighted by molar-refractivity contribution is 7.99. The molecular formula is C26H22N4O4S. The number of nitrogens with zero attached hydrogens (tertiary/aromatic N) is 4. The molecule has 1 aromatic heterocycles. The summed E-state index contributed by atoms with van der Waals surface area (Å²) in [5, 5.41) is 12.0. The van der Waals surface area contributed by atoms with Crippen LogP contribution in [0.3, 0.4) is 0 Å². The van der Waals surface area contributed by atoms with E-state index in [-0.39, 0.29) is 22.9 Å². The number of benzene rings is 3. The highest BCUT2D eigenvalue weighted by Gasteiger charge is 2.27. The Morgan fingerprint density at radius 2 is 1.89 bits per heavy atom. The van der Waals surface area contributed by atoms with Crippen LogP contribution < -0.4 is 10.5 Å². The molecule has 1 aliphatic heterocycles. The molecule has 1 aliphatic rings. The number of nitro groups is 1. The van der Waals surface area contributed by atoms with Gasteiger partial charge < -0.3 is 4.90 Å². The summed E-state index contributed by atoms with van der Waals surface area (Å²) in [6.07, 6.45) is 0.564. The summed E-state index contributed by atoms with van der Waals surface area (Å²) in [7, 11) is 0. The van der Waals surface area contributed by atoms with E-state index in [0.717, 1.165) is 22.4 Å². The number of amides is 1. The fraction of sp³-hybridized carbons (Fsp3) is 0.192. The summed E-state index contributed by atoms with van der Waals surface area (Å²) in [6.45, 7) is 4.37. The minimum atomic E-state index is -0.432. The molecule has 2 heterocycles.